The topological polar surface area (TPSA) is 26.0 Å². The van der Waals surface area contributed by atoms with Gasteiger partial charge in [0.05, 0.1) is 0 Å². The van der Waals surface area contributed by atoms with Crippen molar-refractivity contribution < 1.29 is 0 Å². The third-order valence-corrected chi connectivity index (χ3v) is 20.1. The summed E-state index contributed by atoms with van der Waals surface area (Å²) in [7, 11) is 0. The van der Waals surface area contributed by atoms with Crippen LogP contribution in [0.1, 0.15) is 359 Å². The lowest BCUT2D eigenvalue weighted by molar-refractivity contribution is 0.0752. The molecule has 0 aliphatic heterocycles. The van der Waals surface area contributed by atoms with Crippen molar-refractivity contribution >= 4 is 0 Å². The molecule has 0 bridgehead atoms. The molecule has 3 fully saturated rings. The highest BCUT2D eigenvalue weighted by atomic mass is 14.7. The molecule has 0 radical (unpaired) electrons. The lowest BCUT2D eigenvalue weighted by Gasteiger charge is -2.42. The second-order valence-electron chi connectivity index (χ2n) is 25.0. The third kappa shape index (κ3) is 30.2. The SMILES string of the molecule is CC.CC.CCC(C)C(CC)CC(CCCCCCC1CCCCCCCCCCCCC1)C(N)C1CCCCCCC[C@H](CC(C)CCCCCC2CCCC(C(CC)C(C)CC)C2C)CCC1. The normalized spacial score (nSPS) is 26.7. The summed E-state index contributed by atoms with van der Waals surface area (Å²) in [6.45, 7) is 28.2. The van der Waals surface area contributed by atoms with Crippen molar-refractivity contribution in [2.24, 2.45) is 76.7 Å². The van der Waals surface area contributed by atoms with E-state index in [1.165, 1.54) is 276 Å². The molecule has 12 atom stereocenters. The van der Waals surface area contributed by atoms with Crippen LogP contribution >= 0.6 is 0 Å². The molecule has 0 aromatic heterocycles. The van der Waals surface area contributed by atoms with Gasteiger partial charge in [0.15, 0.2) is 0 Å². The molecule has 0 aromatic rings. The molecule has 3 rings (SSSR count). The molecule has 0 amide bonds. The van der Waals surface area contributed by atoms with Crippen molar-refractivity contribution in [3.05, 3.63) is 0 Å². The van der Waals surface area contributed by atoms with Crippen LogP contribution in [-0.2, 0) is 0 Å². The fraction of sp³-hybridized carbons (Fsp3) is 1.00. The van der Waals surface area contributed by atoms with Crippen molar-refractivity contribution in [2.45, 2.75) is 365 Å². The maximum atomic E-state index is 7.64. The van der Waals surface area contributed by atoms with E-state index < -0.39 is 0 Å². The Balaban J connectivity index is 0.00000579. The van der Waals surface area contributed by atoms with Gasteiger partial charge in [-0.2, -0.15) is 0 Å². The van der Waals surface area contributed by atoms with Gasteiger partial charge in [0.1, 0.15) is 0 Å². The van der Waals surface area contributed by atoms with Crippen molar-refractivity contribution in [1.82, 2.24) is 0 Å². The third-order valence-electron chi connectivity index (χ3n) is 20.1. The molecule has 0 aromatic carbocycles. The lowest BCUT2D eigenvalue weighted by Crippen LogP contribution is -2.39. The average Bonchev–Trinajstić information content (AvgIpc) is 3.36. The minimum absolute atomic E-state index is 0.411. The molecule has 0 spiro atoms. The molecule has 3 aliphatic rings. The maximum absolute atomic E-state index is 7.64. The van der Waals surface area contributed by atoms with Crippen molar-refractivity contribution in [2.75, 3.05) is 0 Å². The molecule has 0 heterocycles. The molecule has 3 saturated carbocycles. The highest BCUT2D eigenvalue weighted by molar-refractivity contribution is 4.86. The van der Waals surface area contributed by atoms with Crippen LogP contribution in [0, 0.1) is 71.0 Å². The van der Waals surface area contributed by atoms with E-state index in [0.717, 1.165) is 71.0 Å². The summed E-state index contributed by atoms with van der Waals surface area (Å²) in [6, 6.07) is 0.411. The van der Waals surface area contributed by atoms with E-state index in [4.69, 9.17) is 5.73 Å². The van der Waals surface area contributed by atoms with Gasteiger partial charge in [-0.1, -0.05) is 321 Å². The number of hydrogen-bond donors (Lipinski definition) is 1. The Bertz CT molecular complexity index is 1040. The fourth-order valence-corrected chi connectivity index (χ4v) is 15.1. The van der Waals surface area contributed by atoms with Gasteiger partial charge in [0.2, 0.25) is 0 Å². The number of nitrogens with two attached hydrogens (primary N) is 1. The van der Waals surface area contributed by atoms with Crippen LogP contribution in [-0.4, -0.2) is 6.04 Å². The van der Waals surface area contributed by atoms with Crippen LogP contribution in [0.2, 0.25) is 0 Å². The summed E-state index contributed by atoms with van der Waals surface area (Å²) >= 11 is 0. The Morgan fingerprint density at radius 3 is 1.45 bits per heavy atom. The molecule has 3 aliphatic carbocycles. The lowest BCUT2D eigenvalue weighted by atomic mass is 9.63. The number of hydrogen-bond acceptors (Lipinski definition) is 1. The first-order chi connectivity index (χ1) is 33.7. The predicted octanol–water partition coefficient (Wildman–Crippen LogP) is 23.7. The van der Waals surface area contributed by atoms with E-state index in [0.29, 0.717) is 6.04 Å². The van der Waals surface area contributed by atoms with Gasteiger partial charge in [-0.3, -0.25) is 0 Å². The summed E-state index contributed by atoms with van der Waals surface area (Å²) in [4.78, 5) is 0. The Kier molecular flexibility index (Phi) is 44.0. The van der Waals surface area contributed by atoms with Crippen LogP contribution in [0.25, 0.3) is 0 Å². The van der Waals surface area contributed by atoms with Crippen LogP contribution < -0.4 is 5.73 Å². The average molecular weight is 969 g/mol. The zero-order chi connectivity index (χ0) is 50.9. The highest BCUT2D eigenvalue weighted by Gasteiger charge is 2.36. The Labute approximate surface area is 440 Å². The Morgan fingerprint density at radius 1 is 0.420 bits per heavy atom. The van der Waals surface area contributed by atoms with Gasteiger partial charge in [-0.15, -0.1) is 0 Å². The number of rotatable bonds is 26. The van der Waals surface area contributed by atoms with Crippen LogP contribution in [0.5, 0.6) is 0 Å². The zero-order valence-electron chi connectivity index (χ0n) is 50.5. The summed E-state index contributed by atoms with van der Waals surface area (Å²) in [5, 5.41) is 0. The molecular weight excluding hydrogens is 831 g/mol. The summed E-state index contributed by atoms with van der Waals surface area (Å²) in [5.74, 6) is 10.8. The molecule has 1 heteroatoms. The number of unbranched alkanes of at least 4 members (excludes halogenated alkanes) is 5. The van der Waals surface area contributed by atoms with E-state index in [2.05, 4.69) is 55.4 Å². The highest BCUT2D eigenvalue weighted by Crippen LogP contribution is 2.45. The molecule has 11 unspecified atom stereocenters. The first-order valence-electron chi connectivity index (χ1n) is 33.5. The van der Waals surface area contributed by atoms with E-state index >= 15 is 0 Å². The van der Waals surface area contributed by atoms with Crippen molar-refractivity contribution in [3.8, 4) is 0 Å². The second kappa shape index (κ2) is 45.4. The van der Waals surface area contributed by atoms with E-state index in [1.807, 2.05) is 27.7 Å². The molecule has 0 saturated heterocycles. The largest absolute Gasteiger partial charge is 0.327 e. The predicted molar refractivity (Wildman–Crippen MR) is 316 cm³/mol. The summed E-state index contributed by atoms with van der Waals surface area (Å²) < 4.78 is 0. The minimum atomic E-state index is 0.411. The van der Waals surface area contributed by atoms with Gasteiger partial charge < -0.3 is 5.73 Å². The minimum Gasteiger partial charge on any atom is -0.327 e. The second-order valence-corrected chi connectivity index (χ2v) is 25.0. The fourth-order valence-electron chi connectivity index (χ4n) is 15.1. The molecular formula is C68H137N. The van der Waals surface area contributed by atoms with Crippen LogP contribution in [0.4, 0.5) is 0 Å². The monoisotopic (exact) mass is 968 g/mol. The van der Waals surface area contributed by atoms with Gasteiger partial charge in [0.25, 0.3) is 0 Å². The summed E-state index contributed by atoms with van der Waals surface area (Å²) in [5.41, 5.74) is 7.64. The van der Waals surface area contributed by atoms with Gasteiger partial charge >= 0.3 is 0 Å². The van der Waals surface area contributed by atoms with E-state index in [-0.39, 0.29) is 0 Å². The smallest absolute Gasteiger partial charge is 0.00957 e. The van der Waals surface area contributed by atoms with Gasteiger partial charge in [-0.25, -0.2) is 0 Å². The van der Waals surface area contributed by atoms with E-state index in [1.54, 1.807) is 0 Å². The maximum Gasteiger partial charge on any atom is 0.00957 e. The van der Waals surface area contributed by atoms with Crippen molar-refractivity contribution in [3.63, 3.8) is 0 Å². The molecule has 69 heavy (non-hydrogen) atoms. The van der Waals surface area contributed by atoms with Crippen molar-refractivity contribution in [1.29, 1.82) is 0 Å². The Hall–Kier alpha value is -0.0400. The zero-order valence-corrected chi connectivity index (χ0v) is 50.5. The summed E-state index contributed by atoms with van der Waals surface area (Å²) in [6.07, 6.45) is 62.8. The van der Waals surface area contributed by atoms with Gasteiger partial charge in [0, 0.05) is 6.04 Å². The van der Waals surface area contributed by atoms with E-state index in [9.17, 15) is 0 Å². The first-order valence-corrected chi connectivity index (χ1v) is 33.5. The molecule has 2 N–H and O–H groups in total. The van der Waals surface area contributed by atoms with Crippen LogP contribution in [0.3, 0.4) is 0 Å². The molecule has 1 nitrogen and oxygen atoms in total. The quantitative estimate of drug-likeness (QED) is 0.0859. The van der Waals surface area contributed by atoms with Gasteiger partial charge in [-0.05, 0) is 110 Å². The van der Waals surface area contributed by atoms with Crippen LogP contribution in [0.15, 0.2) is 0 Å². The first kappa shape index (κ1) is 67.0. The Morgan fingerprint density at radius 2 is 0.884 bits per heavy atom. The standard InChI is InChI=1S/C64H125N.2C2H6/c1-9-53(6)58(11-3)51-61(46-34-26-25-31-41-56-39-29-21-18-16-14-13-15-17-19-22-30-40-56)64(65)60-45-33-24-20-23-32-42-57(43-36-48-60)50-52(5)38-28-27-35-44-59-47-37-49-63(55(59)8)62(12-4)54(7)10-2;2*1-2/h52-64H,9-51,65H2,1-8H3;2*1-2H3/t52?,53?,54?,55?,57-,58?,59?,60?,61?,62?,63?,64?;;/m0../s1. The molecule has 414 valence electrons.